The molecule has 5 N–H and O–H groups in total. The predicted molar refractivity (Wildman–Crippen MR) is 117 cm³/mol. The van der Waals surface area contributed by atoms with E-state index in [9.17, 15) is 0 Å². The Kier molecular flexibility index (Phi) is 6.96. The topological polar surface area (TPSA) is 115 Å². The van der Waals surface area contributed by atoms with Gasteiger partial charge < -0.3 is 21.3 Å². The van der Waals surface area contributed by atoms with E-state index in [-0.39, 0.29) is 0 Å². The minimum Gasteiger partial charge on any atom is -0.372 e. The molecule has 0 aliphatic heterocycles. The lowest BCUT2D eigenvalue weighted by molar-refractivity contribution is 0.619. The monoisotopic (exact) mass is 395 g/mol. The van der Waals surface area contributed by atoms with Gasteiger partial charge in [0.25, 0.3) is 0 Å². The second kappa shape index (κ2) is 9.83. The summed E-state index contributed by atoms with van der Waals surface area (Å²) in [5, 5.41) is 20.0. The first-order chi connectivity index (χ1) is 14.0. The molecule has 0 bridgehead atoms. The highest BCUT2D eigenvalue weighted by Crippen LogP contribution is 2.19. The Bertz CT molecular complexity index is 903. The molecule has 0 atom stereocenters. The van der Waals surface area contributed by atoms with Crippen molar-refractivity contribution in [1.29, 1.82) is 0 Å². The van der Waals surface area contributed by atoms with Crippen molar-refractivity contribution in [3.05, 3.63) is 41.9 Å². The van der Waals surface area contributed by atoms with Crippen LogP contribution in [0.15, 0.2) is 30.3 Å². The van der Waals surface area contributed by atoms with Gasteiger partial charge in [-0.1, -0.05) is 20.8 Å². The Morgan fingerprint density at radius 1 is 0.966 bits per heavy atom. The van der Waals surface area contributed by atoms with E-state index in [0.717, 1.165) is 42.5 Å². The van der Waals surface area contributed by atoms with Crippen LogP contribution in [0.3, 0.4) is 0 Å². The third-order valence-electron chi connectivity index (χ3n) is 4.03. The van der Waals surface area contributed by atoms with Crippen LogP contribution in [0.25, 0.3) is 0 Å². The minimum atomic E-state index is 0.438. The number of benzene rings is 1. The van der Waals surface area contributed by atoms with Gasteiger partial charge in [0.15, 0.2) is 5.82 Å². The molecule has 0 aliphatic carbocycles. The number of aromatic nitrogens is 5. The Morgan fingerprint density at radius 3 is 2.28 bits per heavy atom. The number of hydrogen-bond donors (Lipinski definition) is 5. The van der Waals surface area contributed by atoms with Crippen LogP contribution in [0.5, 0.6) is 0 Å². The molecule has 0 saturated heterocycles. The summed E-state index contributed by atoms with van der Waals surface area (Å²) in [6.07, 6.45) is 0.763. The molecule has 2 aromatic heterocycles. The number of H-pyrrole nitrogens is 1. The zero-order valence-corrected chi connectivity index (χ0v) is 17.4. The summed E-state index contributed by atoms with van der Waals surface area (Å²) in [7, 11) is 0. The van der Waals surface area contributed by atoms with Crippen molar-refractivity contribution in [1.82, 2.24) is 30.5 Å². The summed E-state index contributed by atoms with van der Waals surface area (Å²) < 4.78 is 0. The summed E-state index contributed by atoms with van der Waals surface area (Å²) >= 11 is 0. The molecule has 1 aromatic carbocycles. The van der Waals surface area contributed by atoms with Crippen molar-refractivity contribution in [2.24, 2.45) is 5.92 Å². The number of anilines is 5. The van der Waals surface area contributed by atoms with Crippen LogP contribution < -0.4 is 21.3 Å². The number of nitrogens with one attached hydrogen (secondary N) is 5. The second-order valence-corrected chi connectivity index (χ2v) is 7.22. The summed E-state index contributed by atoms with van der Waals surface area (Å²) in [5.41, 5.74) is 2.91. The van der Waals surface area contributed by atoms with Gasteiger partial charge in [-0.2, -0.15) is 20.1 Å². The molecule has 9 nitrogen and oxygen atoms in total. The van der Waals surface area contributed by atoms with Gasteiger partial charge in [0, 0.05) is 29.6 Å². The molecule has 9 heteroatoms. The van der Waals surface area contributed by atoms with E-state index in [0.29, 0.717) is 23.6 Å². The first kappa shape index (κ1) is 20.5. The van der Waals surface area contributed by atoms with E-state index in [1.165, 1.54) is 0 Å². The van der Waals surface area contributed by atoms with E-state index in [1.807, 2.05) is 37.3 Å². The maximum absolute atomic E-state index is 4.57. The number of hydrogen-bond acceptors (Lipinski definition) is 8. The standard InChI is InChI=1S/C20H29N9/c1-5-21-12-22-15-6-8-16(9-7-15)23-19-24-17(10-13(2)3)25-20(27-19)26-18-11-14(4)28-29-18/h6-9,11,13,21-22H,5,10,12H2,1-4H3,(H3,23,24,25,26,27,28,29). The molecule has 3 rings (SSSR count). The lowest BCUT2D eigenvalue weighted by atomic mass is 10.1. The Morgan fingerprint density at radius 2 is 1.66 bits per heavy atom. The number of aryl methyl sites for hydroxylation is 1. The number of rotatable bonds is 10. The van der Waals surface area contributed by atoms with E-state index in [2.05, 4.69) is 67.2 Å². The molecular weight excluding hydrogens is 366 g/mol. The fraction of sp³-hybridized carbons (Fsp3) is 0.400. The molecule has 154 valence electrons. The van der Waals surface area contributed by atoms with Gasteiger partial charge in [0.2, 0.25) is 11.9 Å². The van der Waals surface area contributed by atoms with Gasteiger partial charge in [-0.15, -0.1) is 0 Å². The quantitative estimate of drug-likeness (QED) is 0.261. The van der Waals surface area contributed by atoms with Crippen LogP contribution in [-0.4, -0.2) is 38.4 Å². The highest BCUT2D eigenvalue weighted by Gasteiger charge is 2.10. The molecule has 2 heterocycles. The Balaban J connectivity index is 1.75. The number of nitrogens with zero attached hydrogens (tertiary/aromatic N) is 4. The van der Waals surface area contributed by atoms with Gasteiger partial charge in [-0.05, 0) is 43.7 Å². The van der Waals surface area contributed by atoms with Crippen molar-refractivity contribution in [2.75, 3.05) is 29.2 Å². The smallest absolute Gasteiger partial charge is 0.233 e. The van der Waals surface area contributed by atoms with Crippen molar-refractivity contribution in [3.63, 3.8) is 0 Å². The Hall–Kier alpha value is -3.20. The molecule has 3 aromatic rings. The first-order valence-corrected chi connectivity index (χ1v) is 9.87. The van der Waals surface area contributed by atoms with Crippen LogP contribution in [-0.2, 0) is 6.42 Å². The number of aromatic amines is 1. The van der Waals surface area contributed by atoms with Crippen LogP contribution in [0.1, 0.15) is 32.3 Å². The average Bonchev–Trinajstić information content (AvgIpc) is 3.07. The van der Waals surface area contributed by atoms with E-state index in [1.54, 1.807) is 0 Å². The maximum atomic E-state index is 4.57. The maximum Gasteiger partial charge on any atom is 0.233 e. The molecule has 0 radical (unpaired) electrons. The third-order valence-corrected chi connectivity index (χ3v) is 4.03. The highest BCUT2D eigenvalue weighted by atomic mass is 15.3. The largest absolute Gasteiger partial charge is 0.372 e. The van der Waals surface area contributed by atoms with Crippen molar-refractivity contribution in [3.8, 4) is 0 Å². The van der Waals surface area contributed by atoms with Crippen LogP contribution in [0.2, 0.25) is 0 Å². The second-order valence-electron chi connectivity index (χ2n) is 7.22. The zero-order chi connectivity index (χ0) is 20.6. The molecule has 0 unspecified atom stereocenters. The average molecular weight is 396 g/mol. The predicted octanol–water partition coefficient (Wildman–Crippen LogP) is 3.57. The van der Waals surface area contributed by atoms with Crippen LogP contribution in [0, 0.1) is 12.8 Å². The molecular formula is C20H29N9. The summed E-state index contributed by atoms with van der Waals surface area (Å²) in [5.74, 6) is 2.81. The molecule has 0 saturated carbocycles. The minimum absolute atomic E-state index is 0.438. The highest BCUT2D eigenvalue weighted by molar-refractivity contribution is 5.59. The van der Waals surface area contributed by atoms with Gasteiger partial charge in [-0.25, -0.2) is 0 Å². The van der Waals surface area contributed by atoms with E-state index >= 15 is 0 Å². The lowest BCUT2D eigenvalue weighted by Gasteiger charge is -2.11. The molecule has 0 spiro atoms. The summed E-state index contributed by atoms with van der Waals surface area (Å²) in [6.45, 7) is 9.96. The first-order valence-electron chi connectivity index (χ1n) is 9.87. The zero-order valence-electron chi connectivity index (χ0n) is 17.4. The molecule has 0 fully saturated rings. The van der Waals surface area contributed by atoms with Crippen molar-refractivity contribution >= 4 is 29.1 Å². The third kappa shape index (κ3) is 6.42. The van der Waals surface area contributed by atoms with Crippen LogP contribution >= 0.6 is 0 Å². The molecule has 0 aliphatic rings. The van der Waals surface area contributed by atoms with E-state index in [4.69, 9.17) is 0 Å². The van der Waals surface area contributed by atoms with Crippen molar-refractivity contribution < 1.29 is 0 Å². The van der Waals surface area contributed by atoms with Gasteiger partial charge >= 0.3 is 0 Å². The fourth-order valence-corrected chi connectivity index (χ4v) is 2.67. The van der Waals surface area contributed by atoms with E-state index < -0.39 is 0 Å². The van der Waals surface area contributed by atoms with Gasteiger partial charge in [-0.3, -0.25) is 5.10 Å². The van der Waals surface area contributed by atoms with Gasteiger partial charge in [0.1, 0.15) is 5.82 Å². The fourth-order valence-electron chi connectivity index (χ4n) is 2.67. The molecule has 29 heavy (non-hydrogen) atoms. The summed E-state index contributed by atoms with van der Waals surface area (Å²) in [4.78, 5) is 13.6. The SMILES string of the molecule is CCNCNc1ccc(Nc2nc(CC(C)C)nc(Nc3cc(C)[nH]n3)n2)cc1. The Labute approximate surface area is 171 Å². The normalized spacial score (nSPS) is 10.9. The van der Waals surface area contributed by atoms with Gasteiger partial charge in [0.05, 0.1) is 6.67 Å². The lowest BCUT2D eigenvalue weighted by Crippen LogP contribution is -2.21. The van der Waals surface area contributed by atoms with Crippen LogP contribution in [0.4, 0.5) is 29.1 Å². The summed E-state index contributed by atoms with van der Waals surface area (Å²) in [6, 6.07) is 9.91. The van der Waals surface area contributed by atoms with Crippen molar-refractivity contribution in [2.45, 2.75) is 34.1 Å². The molecule has 0 amide bonds.